The number of pyridine rings is 1. The van der Waals surface area contributed by atoms with Crippen LogP contribution in [0.4, 0.5) is 4.39 Å². The van der Waals surface area contributed by atoms with E-state index in [2.05, 4.69) is 10.3 Å². The maximum Gasteiger partial charge on any atom is 0.261 e. The Labute approximate surface area is 151 Å². The third-order valence-electron chi connectivity index (χ3n) is 3.83. The number of hydrogen-bond donors (Lipinski definition) is 1. The van der Waals surface area contributed by atoms with Gasteiger partial charge in [-0.05, 0) is 52.7 Å². The summed E-state index contributed by atoms with van der Waals surface area (Å²) in [5.74, 6) is -0.463. The summed E-state index contributed by atoms with van der Waals surface area (Å²) < 4.78 is 14.2. The Bertz CT molecular complexity index is 1040. The molecule has 0 atom stereocenters. The highest BCUT2D eigenvalue weighted by atomic mass is 32.1. The van der Waals surface area contributed by atoms with Crippen LogP contribution in [-0.4, -0.2) is 10.9 Å². The topological polar surface area (TPSA) is 42.0 Å². The van der Waals surface area contributed by atoms with Gasteiger partial charge in [-0.3, -0.25) is 9.78 Å². The molecule has 0 spiro atoms. The number of rotatable bonds is 4. The summed E-state index contributed by atoms with van der Waals surface area (Å²) in [4.78, 5) is 17.5. The lowest BCUT2D eigenvalue weighted by Gasteiger charge is -2.08. The molecule has 0 bridgehead atoms. The summed E-state index contributed by atoms with van der Waals surface area (Å²) in [7, 11) is 0. The van der Waals surface area contributed by atoms with Gasteiger partial charge in [0, 0.05) is 28.4 Å². The minimum absolute atomic E-state index is 0.165. The predicted molar refractivity (Wildman–Crippen MR) is 101 cm³/mol. The molecule has 1 amide bonds. The Kier molecular flexibility index (Phi) is 4.29. The molecule has 6 heteroatoms. The van der Waals surface area contributed by atoms with Crippen molar-refractivity contribution < 1.29 is 9.18 Å². The molecule has 3 aromatic heterocycles. The van der Waals surface area contributed by atoms with Crippen LogP contribution in [0.5, 0.6) is 0 Å². The first kappa shape index (κ1) is 15.9. The molecule has 0 saturated carbocycles. The molecule has 1 N–H and O–H groups in total. The van der Waals surface area contributed by atoms with Crippen molar-refractivity contribution in [3.63, 3.8) is 0 Å². The van der Waals surface area contributed by atoms with Gasteiger partial charge < -0.3 is 5.32 Å². The molecule has 0 aliphatic rings. The van der Waals surface area contributed by atoms with Crippen LogP contribution in [0.1, 0.15) is 15.2 Å². The van der Waals surface area contributed by atoms with Gasteiger partial charge >= 0.3 is 0 Å². The minimum atomic E-state index is -0.298. The first-order valence-corrected chi connectivity index (χ1v) is 9.40. The van der Waals surface area contributed by atoms with Crippen molar-refractivity contribution in [3.8, 4) is 11.3 Å². The smallest absolute Gasteiger partial charge is 0.261 e. The Morgan fingerprint density at radius 2 is 2.12 bits per heavy atom. The molecule has 0 unspecified atom stereocenters. The van der Waals surface area contributed by atoms with Gasteiger partial charge in [0.1, 0.15) is 5.82 Å². The van der Waals surface area contributed by atoms with Gasteiger partial charge in [-0.15, -0.1) is 11.3 Å². The standard InChI is InChI=1S/C19H13FN2OS2/c20-15-3-4-16-14(8-15)9-17(25-16)19(23)22-10-12-2-1-6-21-18(12)13-5-7-24-11-13/h1-9,11H,10H2,(H,22,23). The second-order valence-corrected chi connectivity index (χ2v) is 7.36. The van der Waals surface area contributed by atoms with Crippen LogP contribution in [0.3, 0.4) is 0 Å². The first-order chi connectivity index (χ1) is 12.2. The molecule has 25 heavy (non-hydrogen) atoms. The van der Waals surface area contributed by atoms with Crippen molar-refractivity contribution >= 4 is 38.7 Å². The van der Waals surface area contributed by atoms with E-state index in [0.717, 1.165) is 26.9 Å². The molecule has 3 nitrogen and oxygen atoms in total. The predicted octanol–water partition coefficient (Wildman–Crippen LogP) is 5.09. The molecule has 0 radical (unpaired) electrons. The molecule has 124 valence electrons. The monoisotopic (exact) mass is 368 g/mol. The van der Waals surface area contributed by atoms with Gasteiger partial charge in [-0.2, -0.15) is 11.3 Å². The number of fused-ring (bicyclic) bond motifs is 1. The van der Waals surface area contributed by atoms with Crippen LogP contribution in [0.2, 0.25) is 0 Å². The number of carbonyl (C=O) groups excluding carboxylic acids is 1. The van der Waals surface area contributed by atoms with E-state index in [9.17, 15) is 9.18 Å². The van der Waals surface area contributed by atoms with Crippen LogP contribution in [0.25, 0.3) is 21.3 Å². The molecule has 4 rings (SSSR count). The Balaban J connectivity index is 1.54. The maximum atomic E-state index is 13.3. The SMILES string of the molecule is O=C(NCc1cccnc1-c1ccsc1)c1cc2cc(F)ccc2s1. The number of thiophene rings is 2. The average Bonchev–Trinajstić information content (AvgIpc) is 3.29. The van der Waals surface area contributed by atoms with Crippen LogP contribution in [0, 0.1) is 5.82 Å². The number of aromatic nitrogens is 1. The lowest BCUT2D eigenvalue weighted by atomic mass is 10.1. The molecule has 3 heterocycles. The van der Waals surface area contributed by atoms with E-state index >= 15 is 0 Å². The third kappa shape index (κ3) is 3.31. The fourth-order valence-electron chi connectivity index (χ4n) is 2.63. The molecule has 0 aliphatic carbocycles. The number of carbonyl (C=O) groups is 1. The summed E-state index contributed by atoms with van der Waals surface area (Å²) >= 11 is 2.97. The van der Waals surface area contributed by atoms with E-state index in [1.54, 1.807) is 29.7 Å². The van der Waals surface area contributed by atoms with E-state index in [-0.39, 0.29) is 11.7 Å². The quantitative estimate of drug-likeness (QED) is 0.545. The summed E-state index contributed by atoms with van der Waals surface area (Å²) in [6.45, 7) is 0.389. The molecule has 0 aliphatic heterocycles. The van der Waals surface area contributed by atoms with Crippen molar-refractivity contribution in [2.24, 2.45) is 0 Å². The van der Waals surface area contributed by atoms with Crippen molar-refractivity contribution in [1.82, 2.24) is 10.3 Å². The van der Waals surface area contributed by atoms with Gasteiger partial charge in [-0.1, -0.05) is 6.07 Å². The van der Waals surface area contributed by atoms with E-state index in [1.165, 1.54) is 23.5 Å². The highest BCUT2D eigenvalue weighted by Crippen LogP contribution is 2.27. The van der Waals surface area contributed by atoms with Crippen LogP contribution < -0.4 is 5.32 Å². The van der Waals surface area contributed by atoms with Crippen molar-refractivity contribution in [2.45, 2.75) is 6.54 Å². The summed E-state index contributed by atoms with van der Waals surface area (Å²) in [5, 5.41) is 7.72. The lowest BCUT2D eigenvalue weighted by Crippen LogP contribution is -2.22. The number of halogens is 1. The van der Waals surface area contributed by atoms with Crippen LogP contribution in [-0.2, 0) is 6.54 Å². The van der Waals surface area contributed by atoms with E-state index < -0.39 is 0 Å². The highest BCUT2D eigenvalue weighted by Gasteiger charge is 2.12. The first-order valence-electron chi connectivity index (χ1n) is 7.64. The van der Waals surface area contributed by atoms with E-state index in [0.29, 0.717) is 11.4 Å². The number of nitrogens with one attached hydrogen (secondary N) is 1. The van der Waals surface area contributed by atoms with Gasteiger partial charge in [0.05, 0.1) is 10.6 Å². The third-order valence-corrected chi connectivity index (χ3v) is 5.63. The molecule has 0 saturated heterocycles. The molecular formula is C19H13FN2OS2. The van der Waals surface area contributed by atoms with E-state index in [1.807, 2.05) is 29.0 Å². The lowest BCUT2D eigenvalue weighted by molar-refractivity contribution is 0.0955. The van der Waals surface area contributed by atoms with Gasteiger partial charge in [0.15, 0.2) is 0 Å². The number of amides is 1. The van der Waals surface area contributed by atoms with Crippen LogP contribution in [0.15, 0.2) is 59.4 Å². The zero-order valence-corrected chi connectivity index (χ0v) is 14.7. The second kappa shape index (κ2) is 6.74. The molecular weight excluding hydrogens is 355 g/mol. The number of hydrogen-bond acceptors (Lipinski definition) is 4. The largest absolute Gasteiger partial charge is 0.347 e. The summed E-state index contributed by atoms with van der Waals surface area (Å²) in [6.07, 6.45) is 1.75. The van der Waals surface area contributed by atoms with E-state index in [4.69, 9.17) is 0 Å². The van der Waals surface area contributed by atoms with Crippen molar-refractivity contribution in [2.75, 3.05) is 0 Å². The molecule has 0 fully saturated rings. The molecule has 1 aromatic carbocycles. The van der Waals surface area contributed by atoms with Gasteiger partial charge in [-0.25, -0.2) is 4.39 Å². The summed E-state index contributed by atoms with van der Waals surface area (Å²) in [5.41, 5.74) is 2.89. The number of benzene rings is 1. The summed E-state index contributed by atoms with van der Waals surface area (Å²) in [6, 6.07) is 12.1. The zero-order chi connectivity index (χ0) is 17.2. The van der Waals surface area contributed by atoms with Gasteiger partial charge in [0.2, 0.25) is 0 Å². The van der Waals surface area contributed by atoms with Crippen molar-refractivity contribution in [1.29, 1.82) is 0 Å². The second-order valence-electron chi connectivity index (χ2n) is 5.50. The Morgan fingerprint density at radius 1 is 1.20 bits per heavy atom. The highest BCUT2D eigenvalue weighted by molar-refractivity contribution is 7.20. The molecule has 4 aromatic rings. The van der Waals surface area contributed by atoms with Gasteiger partial charge in [0.25, 0.3) is 5.91 Å². The fourth-order valence-corrected chi connectivity index (χ4v) is 4.23. The minimum Gasteiger partial charge on any atom is -0.347 e. The Morgan fingerprint density at radius 3 is 2.96 bits per heavy atom. The van der Waals surface area contributed by atoms with Crippen LogP contribution >= 0.6 is 22.7 Å². The fraction of sp³-hybridized carbons (Fsp3) is 0.0526. The van der Waals surface area contributed by atoms with Crippen molar-refractivity contribution in [3.05, 3.63) is 75.7 Å². The average molecular weight is 368 g/mol. The number of nitrogens with zero attached hydrogens (tertiary/aromatic N) is 1. The Hall–Kier alpha value is -2.57. The zero-order valence-electron chi connectivity index (χ0n) is 13.0. The normalized spacial score (nSPS) is 10.9. The maximum absolute atomic E-state index is 13.3.